The van der Waals surface area contributed by atoms with Crippen LogP contribution in [0.2, 0.25) is 0 Å². The minimum Gasteiger partial charge on any atom is -0.463 e. The van der Waals surface area contributed by atoms with Crippen LogP contribution in [0.3, 0.4) is 0 Å². The molecule has 9 heteroatoms. The number of nitrogens with one attached hydrogen (secondary N) is 1. The molecule has 0 atom stereocenters. The second kappa shape index (κ2) is 34.7. The highest BCUT2D eigenvalue weighted by Crippen LogP contribution is 2.14. The van der Waals surface area contributed by atoms with Crippen LogP contribution in [0.15, 0.2) is 24.3 Å². The molecule has 0 bridgehead atoms. The van der Waals surface area contributed by atoms with E-state index in [1.807, 2.05) is 12.1 Å². The zero-order chi connectivity index (χ0) is 34.6. The van der Waals surface area contributed by atoms with Gasteiger partial charge in [-0.05, 0) is 37.1 Å². The molecule has 278 valence electrons. The number of benzene rings is 1. The van der Waals surface area contributed by atoms with Crippen molar-refractivity contribution in [2.24, 2.45) is 0 Å². The average Bonchev–Trinajstić information content (AvgIpc) is 3.10. The van der Waals surface area contributed by atoms with Crippen molar-refractivity contribution in [3.63, 3.8) is 0 Å². The average molecular weight is 680 g/mol. The van der Waals surface area contributed by atoms with Crippen LogP contribution in [0, 0.1) is 0 Å². The Kier molecular flexibility index (Phi) is 31.6. The summed E-state index contributed by atoms with van der Waals surface area (Å²) in [5.74, 6) is -0.494. The summed E-state index contributed by atoms with van der Waals surface area (Å²) in [6, 6.07) is 7.30. The van der Waals surface area contributed by atoms with E-state index in [1.165, 1.54) is 83.5 Å². The molecule has 0 unspecified atom stereocenters. The quantitative estimate of drug-likeness (QED) is 0.0550. The van der Waals surface area contributed by atoms with Crippen molar-refractivity contribution < 1.29 is 38.0 Å². The molecule has 0 saturated carbocycles. The molecular weight excluding hydrogens is 610 g/mol. The fourth-order valence-corrected chi connectivity index (χ4v) is 5.10. The maximum atomic E-state index is 12.1. The molecule has 0 saturated heterocycles. The minimum atomic E-state index is -0.359. The highest BCUT2D eigenvalue weighted by molar-refractivity contribution is 5.89. The molecule has 1 N–H and O–H groups in total. The van der Waals surface area contributed by atoms with Crippen LogP contribution < -0.4 is 5.32 Å². The Labute approximate surface area is 292 Å². The Balaban J connectivity index is 1.75. The number of carbonyl (C=O) groups is 2. The molecule has 0 aromatic heterocycles. The topological polar surface area (TPSA) is 102 Å². The maximum absolute atomic E-state index is 12.1. The largest absolute Gasteiger partial charge is 0.463 e. The van der Waals surface area contributed by atoms with Crippen LogP contribution in [0.25, 0.3) is 0 Å². The number of esters is 2. The number of rotatable bonds is 36. The second-order valence-corrected chi connectivity index (χ2v) is 12.4. The van der Waals surface area contributed by atoms with Crippen molar-refractivity contribution in [3.05, 3.63) is 29.8 Å². The van der Waals surface area contributed by atoms with Gasteiger partial charge in [-0.25, -0.2) is 4.79 Å². The van der Waals surface area contributed by atoms with E-state index < -0.39 is 0 Å². The molecule has 0 aliphatic rings. The molecular formula is C39H69NO8. The van der Waals surface area contributed by atoms with E-state index in [0.717, 1.165) is 37.9 Å². The molecule has 0 aliphatic carbocycles. The van der Waals surface area contributed by atoms with Crippen LogP contribution in [0.1, 0.15) is 140 Å². The first-order valence-electron chi connectivity index (χ1n) is 19.1. The molecule has 0 heterocycles. The standard InChI is InChI=1S/C39H69NO8/c1-3-5-7-8-9-10-11-12-13-14-15-16-17-18-19-20-38(41)47-34-32-45-30-28-43-26-27-44-29-31-46-33-35-48-39(42)36-21-23-37(24-22-36)40-25-6-4-2/h21-24,40H,3-20,25-35H2,1-2H3. The fourth-order valence-electron chi connectivity index (χ4n) is 5.10. The summed E-state index contributed by atoms with van der Waals surface area (Å²) in [6.07, 6.45) is 22.4. The summed E-state index contributed by atoms with van der Waals surface area (Å²) in [5.41, 5.74) is 1.52. The SMILES string of the molecule is CCCCCCCCCCCCCCCCCC(=O)OCCOCCOCCOCCOCCOC(=O)c1ccc(NCCCC)cc1. The molecule has 48 heavy (non-hydrogen) atoms. The van der Waals surface area contributed by atoms with Gasteiger partial charge >= 0.3 is 11.9 Å². The van der Waals surface area contributed by atoms with Crippen molar-refractivity contribution >= 4 is 17.6 Å². The highest BCUT2D eigenvalue weighted by atomic mass is 16.6. The number of hydrogen-bond donors (Lipinski definition) is 1. The van der Waals surface area contributed by atoms with Crippen LogP contribution in [0.4, 0.5) is 5.69 Å². The normalized spacial score (nSPS) is 11.1. The van der Waals surface area contributed by atoms with Crippen molar-refractivity contribution in [2.75, 3.05) is 77.9 Å². The van der Waals surface area contributed by atoms with Crippen molar-refractivity contribution in [1.29, 1.82) is 0 Å². The van der Waals surface area contributed by atoms with Crippen molar-refractivity contribution in [1.82, 2.24) is 0 Å². The van der Waals surface area contributed by atoms with Gasteiger partial charge in [-0.2, -0.15) is 0 Å². The third-order valence-electron chi connectivity index (χ3n) is 8.03. The first kappa shape index (κ1) is 43.8. The van der Waals surface area contributed by atoms with E-state index in [1.54, 1.807) is 12.1 Å². The Morgan fingerprint density at radius 3 is 1.33 bits per heavy atom. The maximum Gasteiger partial charge on any atom is 0.338 e. The summed E-state index contributed by atoms with van der Waals surface area (Å²) < 4.78 is 32.4. The zero-order valence-electron chi connectivity index (χ0n) is 30.6. The molecule has 1 rings (SSSR count). The van der Waals surface area contributed by atoms with E-state index in [2.05, 4.69) is 19.2 Å². The van der Waals surface area contributed by atoms with Gasteiger partial charge in [0.15, 0.2) is 0 Å². The zero-order valence-corrected chi connectivity index (χ0v) is 30.6. The summed E-state index contributed by atoms with van der Waals surface area (Å²) in [5, 5.41) is 3.32. The Hall–Kier alpha value is -2.20. The second-order valence-electron chi connectivity index (χ2n) is 12.4. The summed E-state index contributed by atoms with van der Waals surface area (Å²) >= 11 is 0. The Morgan fingerprint density at radius 2 is 0.875 bits per heavy atom. The van der Waals surface area contributed by atoms with Gasteiger partial charge < -0.3 is 33.7 Å². The molecule has 0 aliphatic heterocycles. The molecule has 0 radical (unpaired) electrons. The number of carbonyl (C=O) groups excluding carboxylic acids is 2. The lowest BCUT2D eigenvalue weighted by Crippen LogP contribution is -2.15. The predicted molar refractivity (Wildman–Crippen MR) is 194 cm³/mol. The number of unbranched alkanes of at least 4 members (excludes halogenated alkanes) is 15. The van der Waals surface area contributed by atoms with Gasteiger partial charge in [-0.1, -0.05) is 110 Å². The third-order valence-corrected chi connectivity index (χ3v) is 8.03. The molecule has 0 amide bonds. The van der Waals surface area contributed by atoms with Crippen LogP contribution in [-0.2, 0) is 33.2 Å². The van der Waals surface area contributed by atoms with E-state index in [-0.39, 0.29) is 25.2 Å². The van der Waals surface area contributed by atoms with Gasteiger partial charge in [0.05, 0.1) is 58.4 Å². The van der Waals surface area contributed by atoms with Gasteiger partial charge in [-0.3, -0.25) is 4.79 Å². The summed E-state index contributed by atoms with van der Waals surface area (Å²) in [7, 11) is 0. The number of ether oxygens (including phenoxy) is 6. The lowest BCUT2D eigenvalue weighted by Gasteiger charge is -2.09. The smallest absolute Gasteiger partial charge is 0.338 e. The van der Waals surface area contributed by atoms with Gasteiger partial charge in [0.2, 0.25) is 0 Å². The first-order valence-corrected chi connectivity index (χ1v) is 19.1. The van der Waals surface area contributed by atoms with E-state index in [4.69, 9.17) is 28.4 Å². The van der Waals surface area contributed by atoms with E-state index >= 15 is 0 Å². The monoisotopic (exact) mass is 680 g/mol. The van der Waals surface area contributed by atoms with Crippen LogP contribution in [0.5, 0.6) is 0 Å². The highest BCUT2D eigenvalue weighted by Gasteiger charge is 2.07. The van der Waals surface area contributed by atoms with Crippen LogP contribution in [-0.4, -0.2) is 84.6 Å². The molecule has 9 nitrogen and oxygen atoms in total. The van der Waals surface area contributed by atoms with Gasteiger partial charge in [-0.15, -0.1) is 0 Å². The van der Waals surface area contributed by atoms with E-state index in [0.29, 0.717) is 64.8 Å². The predicted octanol–water partition coefficient (Wildman–Crippen LogP) is 8.93. The Morgan fingerprint density at radius 1 is 0.479 bits per heavy atom. The van der Waals surface area contributed by atoms with Gasteiger partial charge in [0.1, 0.15) is 13.2 Å². The van der Waals surface area contributed by atoms with Gasteiger partial charge in [0, 0.05) is 18.7 Å². The number of hydrogen-bond acceptors (Lipinski definition) is 9. The van der Waals surface area contributed by atoms with Crippen molar-refractivity contribution in [2.45, 2.75) is 129 Å². The first-order chi connectivity index (χ1) is 23.7. The van der Waals surface area contributed by atoms with Gasteiger partial charge in [0.25, 0.3) is 0 Å². The third kappa shape index (κ3) is 28.8. The fraction of sp³-hybridized carbons (Fsp3) is 0.795. The van der Waals surface area contributed by atoms with E-state index in [9.17, 15) is 9.59 Å². The molecule has 1 aromatic carbocycles. The lowest BCUT2D eigenvalue weighted by atomic mass is 10.0. The molecule has 0 spiro atoms. The summed E-state index contributed by atoms with van der Waals surface area (Å²) in [6.45, 7) is 9.17. The summed E-state index contributed by atoms with van der Waals surface area (Å²) in [4.78, 5) is 24.0. The Bertz CT molecular complexity index is 851. The van der Waals surface area contributed by atoms with Crippen LogP contribution >= 0.6 is 0 Å². The lowest BCUT2D eigenvalue weighted by molar-refractivity contribution is -0.145. The van der Waals surface area contributed by atoms with Crippen molar-refractivity contribution in [3.8, 4) is 0 Å². The minimum absolute atomic E-state index is 0.136. The molecule has 0 fully saturated rings. The number of anilines is 1. The molecule has 1 aromatic rings.